The molecule has 23 heavy (non-hydrogen) atoms. The minimum absolute atomic E-state index is 0.0522. The van der Waals surface area contributed by atoms with Crippen LogP contribution in [0.3, 0.4) is 0 Å². The minimum Gasteiger partial charge on any atom is -0.349 e. The predicted octanol–water partition coefficient (Wildman–Crippen LogP) is 2.29. The molecule has 2 aromatic heterocycles. The third-order valence-electron chi connectivity index (χ3n) is 3.00. The first-order valence-corrected chi connectivity index (χ1v) is 7.37. The van der Waals surface area contributed by atoms with Crippen LogP contribution in [-0.2, 0) is 23.9 Å². The largest absolute Gasteiger partial charge is 0.453 e. The maximum Gasteiger partial charge on any atom is 0.453 e. The Balaban J connectivity index is 1.58. The zero-order valence-corrected chi connectivity index (χ0v) is 12.3. The number of thiazole rings is 1. The van der Waals surface area contributed by atoms with Gasteiger partial charge < -0.3 is 5.32 Å². The molecule has 1 amide bonds. The van der Waals surface area contributed by atoms with Crippen molar-refractivity contribution < 1.29 is 18.0 Å². The summed E-state index contributed by atoms with van der Waals surface area (Å²) in [5, 5.41) is 7.71. The number of aromatic nitrogens is 4. The second kappa shape index (κ2) is 5.95. The molecule has 6 nitrogen and oxygen atoms in total. The van der Waals surface area contributed by atoms with Crippen LogP contribution in [0.4, 0.5) is 13.2 Å². The van der Waals surface area contributed by atoms with Gasteiger partial charge in [-0.2, -0.15) is 13.2 Å². The first-order valence-electron chi connectivity index (χ1n) is 6.49. The average molecular weight is 341 g/mol. The van der Waals surface area contributed by atoms with E-state index in [1.807, 2.05) is 12.1 Å². The molecular weight excluding hydrogens is 331 g/mol. The minimum atomic E-state index is -4.61. The Bertz CT molecular complexity index is 841. The summed E-state index contributed by atoms with van der Waals surface area (Å²) in [4.78, 5) is 19.3. The van der Waals surface area contributed by atoms with Gasteiger partial charge in [-0.05, 0) is 17.7 Å². The van der Waals surface area contributed by atoms with Crippen molar-refractivity contribution in [1.82, 2.24) is 25.5 Å². The maximum absolute atomic E-state index is 12.4. The van der Waals surface area contributed by atoms with Gasteiger partial charge >= 0.3 is 6.18 Å². The molecular formula is C13H10F3N5OS. The monoisotopic (exact) mass is 341 g/mol. The zero-order chi connectivity index (χ0) is 16.4. The Labute approximate surface area is 131 Å². The molecule has 120 valence electrons. The number of fused-ring (bicyclic) bond motifs is 1. The summed E-state index contributed by atoms with van der Waals surface area (Å²) >= 11 is 1.47. The summed E-state index contributed by atoms with van der Waals surface area (Å²) in [5.41, 5.74) is 3.38. The van der Waals surface area contributed by atoms with E-state index in [9.17, 15) is 18.0 Å². The highest BCUT2D eigenvalue weighted by Crippen LogP contribution is 2.25. The van der Waals surface area contributed by atoms with E-state index in [1.54, 1.807) is 11.6 Å². The maximum atomic E-state index is 12.4. The third kappa shape index (κ3) is 3.65. The van der Waals surface area contributed by atoms with Gasteiger partial charge in [-0.15, -0.1) is 16.4 Å². The van der Waals surface area contributed by atoms with Crippen molar-refractivity contribution in [2.75, 3.05) is 0 Å². The fraction of sp³-hybridized carbons (Fsp3) is 0.231. The lowest BCUT2D eigenvalue weighted by molar-refractivity contribution is -0.144. The van der Waals surface area contributed by atoms with Gasteiger partial charge in [-0.25, -0.2) is 9.97 Å². The molecule has 1 aromatic carbocycles. The van der Waals surface area contributed by atoms with Crippen molar-refractivity contribution in [3.05, 3.63) is 40.9 Å². The number of halogens is 3. The number of hydrogen-bond acceptors (Lipinski definition) is 5. The Kier molecular flexibility index (Phi) is 3.99. The van der Waals surface area contributed by atoms with Crippen LogP contribution in [0.2, 0.25) is 0 Å². The third-order valence-corrected chi connectivity index (χ3v) is 3.79. The summed E-state index contributed by atoms with van der Waals surface area (Å²) in [6, 6.07) is 5.47. The van der Waals surface area contributed by atoms with Crippen LogP contribution in [0, 0.1) is 0 Å². The van der Waals surface area contributed by atoms with Gasteiger partial charge in [-0.1, -0.05) is 6.07 Å². The standard InChI is InChI=1S/C13H10F3N5OS/c14-13(15,16)12-19-10(20-21-12)5-17-11(22)4-7-1-2-8-9(3-7)23-6-18-8/h1-3,6H,4-5H2,(H,17,22)(H,19,20,21). The first kappa shape index (κ1) is 15.4. The topological polar surface area (TPSA) is 83.6 Å². The summed E-state index contributed by atoms with van der Waals surface area (Å²) in [7, 11) is 0. The zero-order valence-electron chi connectivity index (χ0n) is 11.5. The Morgan fingerprint density at radius 2 is 2.17 bits per heavy atom. The highest BCUT2D eigenvalue weighted by Gasteiger charge is 2.35. The lowest BCUT2D eigenvalue weighted by atomic mass is 10.1. The molecule has 10 heteroatoms. The Morgan fingerprint density at radius 3 is 2.91 bits per heavy atom. The highest BCUT2D eigenvalue weighted by atomic mass is 32.1. The van der Waals surface area contributed by atoms with E-state index < -0.39 is 12.0 Å². The summed E-state index contributed by atoms with van der Waals surface area (Å²) in [6.07, 6.45) is -4.49. The summed E-state index contributed by atoms with van der Waals surface area (Å²) in [6.45, 7) is -0.148. The molecule has 0 aliphatic rings. The van der Waals surface area contributed by atoms with Crippen molar-refractivity contribution >= 4 is 27.5 Å². The number of alkyl halides is 3. The second-order valence-electron chi connectivity index (χ2n) is 4.71. The highest BCUT2D eigenvalue weighted by molar-refractivity contribution is 7.16. The molecule has 0 saturated heterocycles. The van der Waals surface area contributed by atoms with Crippen molar-refractivity contribution in [2.24, 2.45) is 0 Å². The molecule has 2 heterocycles. The molecule has 0 bridgehead atoms. The fourth-order valence-electron chi connectivity index (χ4n) is 1.94. The number of carbonyl (C=O) groups excluding carboxylic acids is 1. The average Bonchev–Trinajstić information content (AvgIpc) is 3.13. The Morgan fingerprint density at radius 1 is 1.35 bits per heavy atom. The molecule has 0 saturated carbocycles. The molecule has 0 radical (unpaired) electrons. The van der Waals surface area contributed by atoms with Crippen molar-refractivity contribution in [3.63, 3.8) is 0 Å². The number of amides is 1. The molecule has 3 rings (SSSR count). The molecule has 0 fully saturated rings. The predicted molar refractivity (Wildman–Crippen MR) is 76.6 cm³/mol. The van der Waals surface area contributed by atoms with Gasteiger partial charge in [0.05, 0.1) is 28.7 Å². The van der Waals surface area contributed by atoms with E-state index in [0.717, 1.165) is 15.8 Å². The number of H-pyrrole nitrogens is 1. The van der Waals surface area contributed by atoms with Gasteiger partial charge in [0.2, 0.25) is 5.91 Å². The SMILES string of the molecule is O=C(Cc1ccc2ncsc2c1)NCc1nc(C(F)(F)F)n[nH]1. The van der Waals surface area contributed by atoms with Gasteiger partial charge in [0.15, 0.2) is 0 Å². The van der Waals surface area contributed by atoms with Crippen LogP contribution >= 0.6 is 11.3 Å². The van der Waals surface area contributed by atoms with Crippen molar-refractivity contribution in [3.8, 4) is 0 Å². The number of nitrogens with one attached hydrogen (secondary N) is 2. The molecule has 0 aliphatic heterocycles. The van der Waals surface area contributed by atoms with E-state index in [1.165, 1.54) is 11.3 Å². The molecule has 0 spiro atoms. The quantitative estimate of drug-likeness (QED) is 0.763. The lowest BCUT2D eigenvalue weighted by Gasteiger charge is -2.03. The second-order valence-corrected chi connectivity index (χ2v) is 5.60. The molecule has 0 unspecified atom stereocenters. The number of nitrogens with zero attached hydrogens (tertiary/aromatic N) is 3. The van der Waals surface area contributed by atoms with Crippen LogP contribution in [0.1, 0.15) is 17.2 Å². The fourth-order valence-corrected chi connectivity index (χ4v) is 2.68. The number of rotatable bonds is 4. The van der Waals surface area contributed by atoms with E-state index in [4.69, 9.17) is 0 Å². The molecule has 2 N–H and O–H groups in total. The molecule has 3 aromatic rings. The van der Waals surface area contributed by atoms with Crippen LogP contribution in [0.5, 0.6) is 0 Å². The van der Waals surface area contributed by atoms with E-state index in [2.05, 4.69) is 25.5 Å². The van der Waals surface area contributed by atoms with E-state index in [-0.39, 0.29) is 24.7 Å². The van der Waals surface area contributed by atoms with Crippen molar-refractivity contribution in [1.29, 1.82) is 0 Å². The van der Waals surface area contributed by atoms with Crippen LogP contribution < -0.4 is 5.32 Å². The van der Waals surface area contributed by atoms with Gasteiger partial charge in [0, 0.05) is 0 Å². The number of benzene rings is 1. The van der Waals surface area contributed by atoms with Crippen LogP contribution in [-0.4, -0.2) is 26.1 Å². The number of carbonyl (C=O) groups is 1. The van der Waals surface area contributed by atoms with Gasteiger partial charge in [-0.3, -0.25) is 9.89 Å². The lowest BCUT2D eigenvalue weighted by Crippen LogP contribution is -2.25. The van der Waals surface area contributed by atoms with Crippen LogP contribution in [0.15, 0.2) is 23.7 Å². The number of aromatic amines is 1. The summed E-state index contributed by atoms with van der Waals surface area (Å²) < 4.78 is 38.0. The van der Waals surface area contributed by atoms with Crippen LogP contribution in [0.25, 0.3) is 10.2 Å². The normalized spacial score (nSPS) is 11.8. The smallest absolute Gasteiger partial charge is 0.349 e. The van der Waals surface area contributed by atoms with Gasteiger partial charge in [0.25, 0.3) is 5.82 Å². The molecule has 0 atom stereocenters. The van der Waals surface area contributed by atoms with E-state index >= 15 is 0 Å². The summed E-state index contributed by atoms with van der Waals surface area (Å²) in [5.74, 6) is -1.63. The Hall–Kier alpha value is -2.49. The number of hydrogen-bond donors (Lipinski definition) is 2. The van der Waals surface area contributed by atoms with Gasteiger partial charge in [0.1, 0.15) is 5.82 Å². The molecule has 0 aliphatic carbocycles. The van der Waals surface area contributed by atoms with E-state index in [0.29, 0.717) is 0 Å². The first-order chi connectivity index (χ1) is 10.9. The van der Waals surface area contributed by atoms with Crippen molar-refractivity contribution in [2.45, 2.75) is 19.1 Å².